The molecular weight excluding hydrogens is 386 g/mol. The number of β-lactam (4-membered cyclic amide) rings is 1. The highest BCUT2D eigenvalue weighted by Crippen LogP contribution is 2.53. The molecule has 0 aliphatic carbocycles. The number of hydrogen-bond donors (Lipinski definition) is 0. The van der Waals surface area contributed by atoms with Crippen molar-refractivity contribution >= 4 is 27.4 Å². The van der Waals surface area contributed by atoms with Gasteiger partial charge in [-0.15, -0.1) is 0 Å². The standard InChI is InChI=1S/C19H27NO7S/c1-18(2,3)15-13-10(9-26-15)11(8-12(21)27-19(4,5)6)28(23,24)17-14(25-7)16(22)20(13)17/h9,11,14,17H,8H2,1-7H3/t11-,14+,17-/m1/s1. The van der Waals surface area contributed by atoms with Crippen LogP contribution in [-0.4, -0.2) is 44.5 Å². The summed E-state index contributed by atoms with van der Waals surface area (Å²) in [5, 5.41) is -2.34. The molecule has 0 spiro atoms. The number of esters is 1. The summed E-state index contributed by atoms with van der Waals surface area (Å²) in [6.45, 7) is 10.9. The van der Waals surface area contributed by atoms with Crippen molar-refractivity contribution in [3.05, 3.63) is 17.6 Å². The Kier molecular flexibility index (Phi) is 4.70. The van der Waals surface area contributed by atoms with Crippen molar-refractivity contribution in [3.63, 3.8) is 0 Å². The monoisotopic (exact) mass is 413 g/mol. The van der Waals surface area contributed by atoms with Crippen molar-refractivity contribution in [1.29, 1.82) is 0 Å². The Morgan fingerprint density at radius 2 is 1.82 bits per heavy atom. The molecule has 0 saturated carbocycles. The highest BCUT2D eigenvalue weighted by Gasteiger charge is 2.63. The van der Waals surface area contributed by atoms with Crippen LogP contribution in [0.5, 0.6) is 0 Å². The highest BCUT2D eigenvalue weighted by molar-refractivity contribution is 7.92. The van der Waals surface area contributed by atoms with E-state index in [9.17, 15) is 18.0 Å². The van der Waals surface area contributed by atoms with Gasteiger partial charge in [0.25, 0.3) is 5.91 Å². The maximum absolute atomic E-state index is 13.3. The van der Waals surface area contributed by atoms with Gasteiger partial charge in [-0.05, 0) is 20.8 Å². The molecule has 156 valence electrons. The van der Waals surface area contributed by atoms with E-state index in [0.29, 0.717) is 17.0 Å². The predicted molar refractivity (Wildman–Crippen MR) is 102 cm³/mol. The molecule has 28 heavy (non-hydrogen) atoms. The first-order valence-corrected chi connectivity index (χ1v) is 10.7. The van der Waals surface area contributed by atoms with Gasteiger partial charge in [0.15, 0.2) is 21.3 Å². The van der Waals surface area contributed by atoms with Gasteiger partial charge in [-0.25, -0.2) is 8.42 Å². The number of rotatable bonds is 3. The number of amides is 1. The lowest BCUT2D eigenvalue weighted by Crippen LogP contribution is -2.71. The third-order valence-electron chi connectivity index (χ3n) is 4.81. The molecule has 0 radical (unpaired) electrons. The smallest absolute Gasteiger partial charge is 0.307 e. The van der Waals surface area contributed by atoms with Crippen LogP contribution in [0.25, 0.3) is 0 Å². The lowest BCUT2D eigenvalue weighted by molar-refractivity contribution is -0.154. The van der Waals surface area contributed by atoms with E-state index >= 15 is 0 Å². The second-order valence-electron chi connectivity index (χ2n) is 9.24. The second-order valence-corrected chi connectivity index (χ2v) is 11.5. The minimum atomic E-state index is -3.94. The summed E-state index contributed by atoms with van der Waals surface area (Å²) >= 11 is 0. The number of hydrogen-bond acceptors (Lipinski definition) is 7. The maximum atomic E-state index is 13.3. The van der Waals surface area contributed by atoms with Crippen molar-refractivity contribution in [2.75, 3.05) is 12.0 Å². The van der Waals surface area contributed by atoms with Crippen LogP contribution in [0.3, 0.4) is 0 Å². The molecule has 0 N–H and O–H groups in total. The van der Waals surface area contributed by atoms with Crippen molar-refractivity contribution in [2.45, 2.75) is 75.7 Å². The first-order valence-electron chi connectivity index (χ1n) is 9.12. The van der Waals surface area contributed by atoms with Crippen LogP contribution in [0, 0.1) is 0 Å². The first-order chi connectivity index (χ1) is 12.7. The first kappa shape index (κ1) is 20.9. The van der Waals surface area contributed by atoms with Gasteiger partial charge in [0, 0.05) is 18.1 Å². The average molecular weight is 413 g/mol. The molecule has 1 amide bonds. The number of anilines is 1. The Morgan fingerprint density at radius 3 is 2.32 bits per heavy atom. The normalized spacial score (nSPS) is 26.3. The van der Waals surface area contributed by atoms with E-state index in [2.05, 4.69) is 0 Å². The van der Waals surface area contributed by atoms with E-state index in [-0.39, 0.29) is 6.42 Å². The second kappa shape index (κ2) is 6.32. The number of furan rings is 1. The molecule has 3 atom stereocenters. The maximum Gasteiger partial charge on any atom is 0.307 e. The number of ether oxygens (including phenoxy) is 2. The molecule has 9 heteroatoms. The fourth-order valence-corrected chi connectivity index (χ4v) is 5.99. The van der Waals surface area contributed by atoms with E-state index in [1.54, 1.807) is 20.8 Å². The zero-order chi connectivity index (χ0) is 21.2. The van der Waals surface area contributed by atoms with Crippen molar-refractivity contribution in [2.24, 2.45) is 0 Å². The molecule has 3 heterocycles. The van der Waals surface area contributed by atoms with Gasteiger partial charge in [0.1, 0.15) is 16.6 Å². The van der Waals surface area contributed by atoms with Crippen LogP contribution in [0.2, 0.25) is 0 Å². The third-order valence-corrected chi connectivity index (χ3v) is 7.16. The average Bonchev–Trinajstić information content (AvgIpc) is 2.92. The molecule has 1 aromatic heterocycles. The van der Waals surface area contributed by atoms with E-state index in [1.165, 1.54) is 18.3 Å². The van der Waals surface area contributed by atoms with Crippen LogP contribution >= 0.6 is 0 Å². The number of fused-ring (bicyclic) bond motifs is 3. The van der Waals surface area contributed by atoms with Crippen LogP contribution in [-0.2, 0) is 34.3 Å². The summed E-state index contributed by atoms with van der Waals surface area (Å²) in [7, 11) is -2.64. The number of carbonyl (C=O) groups excluding carboxylic acids is 2. The molecule has 0 unspecified atom stereocenters. The Hall–Kier alpha value is -1.87. The molecule has 8 nitrogen and oxygen atoms in total. The summed E-state index contributed by atoms with van der Waals surface area (Å²) in [6.07, 6.45) is -0.112. The van der Waals surface area contributed by atoms with E-state index < -0.39 is 49.5 Å². The van der Waals surface area contributed by atoms with Crippen LogP contribution in [0.1, 0.15) is 64.5 Å². The topological polar surface area (TPSA) is 103 Å². The Balaban J connectivity index is 2.12. The van der Waals surface area contributed by atoms with E-state index in [1.807, 2.05) is 20.8 Å². The molecule has 2 aliphatic rings. The van der Waals surface area contributed by atoms with Crippen LogP contribution in [0.15, 0.2) is 10.7 Å². The van der Waals surface area contributed by atoms with Gasteiger partial charge in [-0.3, -0.25) is 14.5 Å². The zero-order valence-electron chi connectivity index (χ0n) is 17.2. The fraction of sp³-hybridized carbons (Fsp3) is 0.684. The summed E-state index contributed by atoms with van der Waals surface area (Å²) in [6, 6.07) is 0. The molecule has 1 fully saturated rings. The molecule has 3 rings (SSSR count). The third kappa shape index (κ3) is 3.14. The molecule has 0 aromatic carbocycles. The fourth-order valence-electron chi connectivity index (χ4n) is 3.69. The number of nitrogens with zero attached hydrogens (tertiary/aromatic N) is 1. The van der Waals surface area contributed by atoms with E-state index in [4.69, 9.17) is 13.9 Å². The van der Waals surface area contributed by atoms with Gasteiger partial charge in [0.2, 0.25) is 0 Å². The van der Waals surface area contributed by atoms with Gasteiger partial charge in [0.05, 0.1) is 18.4 Å². The minimum absolute atomic E-state index is 0.315. The molecule has 0 bridgehead atoms. The molecule has 1 saturated heterocycles. The predicted octanol–water partition coefficient (Wildman–Crippen LogP) is 2.47. The molecule has 2 aliphatic heterocycles. The Bertz CT molecular complexity index is 917. The van der Waals surface area contributed by atoms with Gasteiger partial charge >= 0.3 is 5.97 Å². The summed E-state index contributed by atoms with van der Waals surface area (Å²) in [5.41, 5.74) is -0.457. The van der Waals surface area contributed by atoms with Gasteiger partial charge in [-0.1, -0.05) is 20.8 Å². The quantitative estimate of drug-likeness (QED) is 0.554. The highest BCUT2D eigenvalue weighted by atomic mass is 32.2. The number of sulfone groups is 1. The van der Waals surface area contributed by atoms with Gasteiger partial charge < -0.3 is 13.9 Å². The zero-order valence-corrected chi connectivity index (χ0v) is 18.0. The van der Waals surface area contributed by atoms with Crippen LogP contribution < -0.4 is 4.90 Å². The number of carbonyl (C=O) groups is 2. The summed E-state index contributed by atoms with van der Waals surface area (Å²) in [5.74, 6) is -0.557. The van der Waals surface area contributed by atoms with Crippen LogP contribution in [0.4, 0.5) is 5.69 Å². The summed E-state index contributed by atoms with van der Waals surface area (Å²) in [4.78, 5) is 26.2. The number of methoxy groups -OCH3 is 1. The SMILES string of the molecule is CO[C@H]1C(=O)N2c3c(coc3C(C)(C)C)[C@@H](CC(=O)OC(C)(C)C)S(=O)(=O)[C@H]12. The van der Waals surface area contributed by atoms with E-state index in [0.717, 1.165) is 0 Å². The van der Waals surface area contributed by atoms with Gasteiger partial charge in [-0.2, -0.15) is 0 Å². The largest absolute Gasteiger partial charge is 0.466 e. The molecular formula is C19H27NO7S. The van der Waals surface area contributed by atoms with Crippen molar-refractivity contribution in [1.82, 2.24) is 0 Å². The lowest BCUT2D eigenvalue weighted by atomic mass is 9.89. The summed E-state index contributed by atoms with van der Waals surface area (Å²) < 4.78 is 42.8. The molecule has 1 aromatic rings. The Morgan fingerprint density at radius 1 is 1.21 bits per heavy atom. The Labute approximate surface area is 165 Å². The van der Waals surface area contributed by atoms with Crippen molar-refractivity contribution in [3.8, 4) is 0 Å². The minimum Gasteiger partial charge on any atom is -0.466 e. The van der Waals surface area contributed by atoms with Crippen molar-refractivity contribution < 1.29 is 31.9 Å². The lowest BCUT2D eigenvalue weighted by Gasteiger charge is -2.49.